The normalized spacial score (nSPS) is 15.0. The number of nitrogens with one attached hydrogen (secondary N) is 1. The Labute approximate surface area is 195 Å². The summed E-state index contributed by atoms with van der Waals surface area (Å²) in [6.07, 6.45) is 2.09. The van der Waals surface area contributed by atoms with Gasteiger partial charge in [0.1, 0.15) is 12.4 Å². The quantitative estimate of drug-likeness (QED) is 0.427. The third-order valence-electron chi connectivity index (χ3n) is 6.11. The molecule has 0 aliphatic carbocycles. The van der Waals surface area contributed by atoms with Crippen LogP contribution in [0.4, 0.5) is 15.9 Å². The van der Waals surface area contributed by atoms with E-state index in [-0.39, 0.29) is 6.04 Å². The van der Waals surface area contributed by atoms with Gasteiger partial charge in [-0.15, -0.1) is 5.10 Å². The van der Waals surface area contributed by atoms with Crippen molar-refractivity contribution in [3.05, 3.63) is 53.2 Å². The number of rotatable bonds is 9. The Balaban J connectivity index is 1.73. The SMILES string of the molecule is CCCCOc1cc2c(C)nnc(N[C@H](C)c3cccc(CF)c3)c2cc1N1CCOCC1. The van der Waals surface area contributed by atoms with Crippen LogP contribution in [0.2, 0.25) is 0 Å². The smallest absolute Gasteiger partial charge is 0.157 e. The van der Waals surface area contributed by atoms with Crippen LogP contribution in [0.5, 0.6) is 5.75 Å². The fourth-order valence-electron chi connectivity index (χ4n) is 4.13. The van der Waals surface area contributed by atoms with Gasteiger partial charge in [0.05, 0.1) is 37.2 Å². The van der Waals surface area contributed by atoms with Gasteiger partial charge >= 0.3 is 0 Å². The van der Waals surface area contributed by atoms with E-state index in [1.165, 1.54) is 0 Å². The molecule has 4 rings (SSSR count). The van der Waals surface area contributed by atoms with Crippen LogP contribution in [-0.2, 0) is 11.4 Å². The Morgan fingerprint density at radius 2 is 1.97 bits per heavy atom. The maximum atomic E-state index is 13.2. The molecular weight excluding hydrogens is 419 g/mol. The molecule has 1 atom stereocenters. The molecule has 1 saturated heterocycles. The average molecular weight is 453 g/mol. The summed E-state index contributed by atoms with van der Waals surface area (Å²) in [4.78, 5) is 2.32. The summed E-state index contributed by atoms with van der Waals surface area (Å²) >= 11 is 0. The molecule has 1 N–H and O–H groups in total. The maximum Gasteiger partial charge on any atom is 0.157 e. The summed E-state index contributed by atoms with van der Waals surface area (Å²) in [7, 11) is 0. The summed E-state index contributed by atoms with van der Waals surface area (Å²) < 4.78 is 24.9. The Morgan fingerprint density at radius 1 is 1.15 bits per heavy atom. The number of alkyl halides is 1. The van der Waals surface area contributed by atoms with Crippen molar-refractivity contribution >= 4 is 22.3 Å². The lowest BCUT2D eigenvalue weighted by molar-refractivity contribution is 0.122. The third-order valence-corrected chi connectivity index (χ3v) is 6.11. The molecule has 33 heavy (non-hydrogen) atoms. The molecule has 1 aliphatic rings. The molecule has 3 aromatic rings. The van der Waals surface area contributed by atoms with Gasteiger partial charge in [0.15, 0.2) is 5.82 Å². The number of nitrogens with zero attached hydrogens (tertiary/aromatic N) is 3. The first-order valence-corrected chi connectivity index (χ1v) is 11.8. The number of aryl methyl sites for hydroxylation is 1. The van der Waals surface area contributed by atoms with Crippen LogP contribution in [0.15, 0.2) is 36.4 Å². The van der Waals surface area contributed by atoms with Crippen molar-refractivity contribution < 1.29 is 13.9 Å². The Morgan fingerprint density at radius 3 is 2.73 bits per heavy atom. The molecule has 1 aromatic heterocycles. The summed E-state index contributed by atoms with van der Waals surface area (Å²) in [5, 5.41) is 14.4. The highest BCUT2D eigenvalue weighted by molar-refractivity contribution is 5.97. The fourth-order valence-corrected chi connectivity index (χ4v) is 4.13. The van der Waals surface area contributed by atoms with Crippen molar-refractivity contribution in [2.45, 2.75) is 46.3 Å². The van der Waals surface area contributed by atoms with E-state index < -0.39 is 6.67 Å². The minimum Gasteiger partial charge on any atom is -0.491 e. The molecule has 6 nitrogen and oxygen atoms in total. The number of halogens is 1. The lowest BCUT2D eigenvalue weighted by Gasteiger charge is -2.31. The number of ether oxygens (including phenoxy) is 2. The molecule has 2 aromatic carbocycles. The van der Waals surface area contributed by atoms with Crippen molar-refractivity contribution in [1.82, 2.24) is 10.2 Å². The predicted molar refractivity (Wildman–Crippen MR) is 131 cm³/mol. The molecule has 0 bridgehead atoms. The van der Waals surface area contributed by atoms with Gasteiger partial charge < -0.3 is 19.7 Å². The zero-order valence-corrected chi connectivity index (χ0v) is 19.7. The van der Waals surface area contributed by atoms with E-state index >= 15 is 0 Å². The molecule has 0 unspecified atom stereocenters. The average Bonchev–Trinajstić information content (AvgIpc) is 2.86. The summed E-state index contributed by atoms with van der Waals surface area (Å²) in [6.45, 7) is 9.44. The zero-order chi connectivity index (χ0) is 23.2. The molecular formula is C26H33FN4O2. The minimum atomic E-state index is -0.475. The molecule has 1 fully saturated rings. The fraction of sp³-hybridized carbons (Fsp3) is 0.462. The van der Waals surface area contributed by atoms with Crippen LogP contribution < -0.4 is 15.0 Å². The molecule has 0 amide bonds. The van der Waals surface area contributed by atoms with Crippen molar-refractivity contribution in [2.75, 3.05) is 43.1 Å². The molecule has 0 saturated carbocycles. The van der Waals surface area contributed by atoms with Crippen molar-refractivity contribution in [2.24, 2.45) is 0 Å². The first kappa shape index (κ1) is 23.2. The van der Waals surface area contributed by atoms with Gasteiger partial charge in [-0.25, -0.2) is 4.39 Å². The van der Waals surface area contributed by atoms with E-state index in [2.05, 4.69) is 46.4 Å². The van der Waals surface area contributed by atoms with Crippen molar-refractivity contribution in [3.63, 3.8) is 0 Å². The number of fused-ring (bicyclic) bond motifs is 1. The first-order chi connectivity index (χ1) is 16.1. The van der Waals surface area contributed by atoms with Gasteiger partial charge in [0.2, 0.25) is 0 Å². The van der Waals surface area contributed by atoms with E-state index in [0.29, 0.717) is 31.2 Å². The van der Waals surface area contributed by atoms with Crippen LogP contribution in [-0.4, -0.2) is 43.1 Å². The van der Waals surface area contributed by atoms with Crippen LogP contribution in [0.3, 0.4) is 0 Å². The monoisotopic (exact) mass is 452 g/mol. The van der Waals surface area contributed by atoms with Crippen LogP contribution in [0, 0.1) is 6.92 Å². The highest BCUT2D eigenvalue weighted by Crippen LogP contribution is 2.37. The van der Waals surface area contributed by atoms with E-state index in [4.69, 9.17) is 9.47 Å². The predicted octanol–water partition coefficient (Wildman–Crippen LogP) is 5.60. The highest BCUT2D eigenvalue weighted by Gasteiger charge is 2.20. The number of hydrogen-bond donors (Lipinski definition) is 1. The first-order valence-electron chi connectivity index (χ1n) is 11.8. The molecule has 0 spiro atoms. The topological polar surface area (TPSA) is 59.5 Å². The van der Waals surface area contributed by atoms with Gasteiger partial charge in [-0.1, -0.05) is 37.6 Å². The third kappa shape index (κ3) is 5.36. The molecule has 7 heteroatoms. The van der Waals surface area contributed by atoms with E-state index in [1.54, 1.807) is 6.07 Å². The number of morpholine rings is 1. The number of anilines is 2. The Bertz CT molecular complexity index is 1090. The molecule has 0 radical (unpaired) electrons. The van der Waals surface area contributed by atoms with Gasteiger partial charge in [0.25, 0.3) is 0 Å². The standard InChI is InChI=1S/C26H33FN4O2/c1-4-5-11-33-25-16-22-19(3)29-30-26(23(22)15-24(25)31-9-12-32-13-10-31)28-18(2)21-8-6-7-20(14-21)17-27/h6-8,14-16,18H,4-5,9-13,17H2,1-3H3,(H,28,30)/t18-/m1/s1. The Hall–Kier alpha value is -2.93. The molecule has 1 aliphatic heterocycles. The van der Waals surface area contributed by atoms with Gasteiger partial charge in [-0.05, 0) is 43.5 Å². The van der Waals surface area contributed by atoms with Crippen molar-refractivity contribution in [1.29, 1.82) is 0 Å². The highest BCUT2D eigenvalue weighted by atomic mass is 19.1. The van der Waals surface area contributed by atoms with Crippen LogP contribution in [0.1, 0.15) is 49.6 Å². The second-order valence-electron chi connectivity index (χ2n) is 8.55. The van der Waals surface area contributed by atoms with Gasteiger partial charge in [-0.3, -0.25) is 0 Å². The van der Waals surface area contributed by atoms with Gasteiger partial charge in [0, 0.05) is 23.9 Å². The van der Waals surface area contributed by atoms with Crippen LogP contribution in [0.25, 0.3) is 10.8 Å². The minimum absolute atomic E-state index is 0.0518. The summed E-state index contributed by atoms with van der Waals surface area (Å²) in [5.41, 5.74) is 3.60. The largest absolute Gasteiger partial charge is 0.491 e. The van der Waals surface area contributed by atoms with E-state index in [0.717, 1.165) is 59.4 Å². The lowest BCUT2D eigenvalue weighted by Crippen LogP contribution is -2.36. The van der Waals surface area contributed by atoms with E-state index in [1.807, 2.05) is 25.1 Å². The maximum absolute atomic E-state index is 13.2. The Kier molecular flexibility index (Phi) is 7.60. The molecule has 176 valence electrons. The zero-order valence-electron chi connectivity index (χ0n) is 19.7. The lowest BCUT2D eigenvalue weighted by atomic mass is 10.0. The second kappa shape index (κ2) is 10.8. The summed E-state index contributed by atoms with van der Waals surface area (Å²) in [6, 6.07) is 11.8. The number of unbranched alkanes of at least 4 members (excludes halogenated alkanes) is 1. The number of hydrogen-bond acceptors (Lipinski definition) is 6. The molecule has 2 heterocycles. The van der Waals surface area contributed by atoms with Gasteiger partial charge in [-0.2, -0.15) is 5.10 Å². The second-order valence-corrected chi connectivity index (χ2v) is 8.55. The number of aromatic nitrogens is 2. The summed E-state index contributed by atoms with van der Waals surface area (Å²) in [5.74, 6) is 1.59. The van der Waals surface area contributed by atoms with E-state index in [9.17, 15) is 4.39 Å². The van der Waals surface area contributed by atoms with Crippen LogP contribution >= 0.6 is 0 Å². The number of benzene rings is 2. The van der Waals surface area contributed by atoms with Crippen molar-refractivity contribution in [3.8, 4) is 5.75 Å².